The minimum atomic E-state index is -0.584. The van der Waals surface area contributed by atoms with Crippen LogP contribution < -0.4 is 10.6 Å². The Labute approximate surface area is 124 Å². The van der Waals surface area contributed by atoms with Gasteiger partial charge in [-0.25, -0.2) is 9.37 Å². The first-order valence-corrected chi connectivity index (χ1v) is 7.50. The molecular weight excluding hydrogens is 271 g/mol. The molecule has 2 rings (SSSR count). The van der Waals surface area contributed by atoms with Crippen molar-refractivity contribution in [1.82, 2.24) is 15.2 Å². The first-order valence-electron chi connectivity index (χ1n) is 7.50. The molecule has 2 N–H and O–H groups in total. The zero-order valence-electron chi connectivity index (χ0n) is 12.7. The standard InChI is InChI=1S/C15H23FN4O/c1-3-7-17-14-13(16)12(6-8-18-14)15(21)19-9-10-20(2)11-4-5-11/h6,8,11H,3-5,7,9-10H2,1-2H3,(H,17,18)(H,19,21). The van der Waals surface area contributed by atoms with Crippen LogP contribution in [0.4, 0.5) is 10.2 Å². The van der Waals surface area contributed by atoms with Gasteiger partial charge in [-0.3, -0.25) is 4.79 Å². The van der Waals surface area contributed by atoms with E-state index < -0.39 is 11.7 Å². The van der Waals surface area contributed by atoms with E-state index in [2.05, 4.69) is 20.5 Å². The lowest BCUT2D eigenvalue weighted by Gasteiger charge is -2.16. The maximum absolute atomic E-state index is 14.2. The van der Waals surface area contributed by atoms with Gasteiger partial charge in [0.25, 0.3) is 5.91 Å². The molecule has 1 aliphatic rings. The van der Waals surface area contributed by atoms with Crippen LogP contribution in [0.15, 0.2) is 12.3 Å². The fraction of sp³-hybridized carbons (Fsp3) is 0.600. The van der Waals surface area contributed by atoms with Crippen molar-refractivity contribution in [3.05, 3.63) is 23.6 Å². The highest BCUT2D eigenvalue weighted by Crippen LogP contribution is 2.24. The summed E-state index contributed by atoms with van der Waals surface area (Å²) in [5, 5.41) is 5.64. The predicted molar refractivity (Wildman–Crippen MR) is 81.0 cm³/mol. The second kappa shape index (κ2) is 7.36. The zero-order valence-corrected chi connectivity index (χ0v) is 12.7. The second-order valence-corrected chi connectivity index (χ2v) is 5.42. The summed E-state index contributed by atoms with van der Waals surface area (Å²) in [4.78, 5) is 18.2. The van der Waals surface area contributed by atoms with E-state index in [9.17, 15) is 9.18 Å². The number of carbonyl (C=O) groups is 1. The van der Waals surface area contributed by atoms with Crippen molar-refractivity contribution in [2.24, 2.45) is 0 Å². The number of hydrogen-bond donors (Lipinski definition) is 2. The minimum absolute atomic E-state index is 0.0395. The Morgan fingerprint density at radius 1 is 1.48 bits per heavy atom. The van der Waals surface area contributed by atoms with E-state index in [4.69, 9.17) is 0 Å². The SMILES string of the molecule is CCCNc1nccc(C(=O)NCCN(C)C2CC2)c1F. The topological polar surface area (TPSA) is 57.3 Å². The fourth-order valence-electron chi connectivity index (χ4n) is 2.12. The molecule has 0 aliphatic heterocycles. The molecule has 0 atom stereocenters. The maximum atomic E-state index is 14.2. The molecule has 1 heterocycles. The molecule has 5 nitrogen and oxygen atoms in total. The van der Waals surface area contributed by atoms with Gasteiger partial charge < -0.3 is 15.5 Å². The Morgan fingerprint density at radius 2 is 2.24 bits per heavy atom. The van der Waals surface area contributed by atoms with Crippen LogP contribution in [0.2, 0.25) is 0 Å². The van der Waals surface area contributed by atoms with Crippen LogP contribution in [-0.4, -0.2) is 48.5 Å². The molecule has 0 bridgehead atoms. The third-order valence-corrected chi connectivity index (χ3v) is 3.60. The van der Waals surface area contributed by atoms with Gasteiger partial charge in [-0.15, -0.1) is 0 Å². The molecular formula is C15H23FN4O. The third-order valence-electron chi connectivity index (χ3n) is 3.60. The number of aromatic nitrogens is 1. The number of anilines is 1. The molecule has 116 valence electrons. The second-order valence-electron chi connectivity index (χ2n) is 5.42. The summed E-state index contributed by atoms with van der Waals surface area (Å²) in [5.41, 5.74) is 0.0395. The highest BCUT2D eigenvalue weighted by atomic mass is 19.1. The number of amides is 1. The smallest absolute Gasteiger partial charge is 0.254 e. The van der Waals surface area contributed by atoms with Gasteiger partial charge in [0.15, 0.2) is 11.6 Å². The number of likely N-dealkylation sites (N-methyl/N-ethyl adjacent to an activating group) is 1. The van der Waals surface area contributed by atoms with Crippen molar-refractivity contribution in [2.75, 3.05) is 32.0 Å². The van der Waals surface area contributed by atoms with Gasteiger partial charge in [0.1, 0.15) is 0 Å². The maximum Gasteiger partial charge on any atom is 0.254 e. The van der Waals surface area contributed by atoms with Crippen LogP contribution in [0.5, 0.6) is 0 Å². The molecule has 1 amide bonds. The third kappa shape index (κ3) is 4.39. The van der Waals surface area contributed by atoms with Crippen molar-refractivity contribution in [3.8, 4) is 0 Å². The van der Waals surface area contributed by atoms with Gasteiger partial charge in [0.2, 0.25) is 0 Å². The molecule has 0 radical (unpaired) electrons. The largest absolute Gasteiger partial charge is 0.368 e. The van der Waals surface area contributed by atoms with Crippen molar-refractivity contribution in [2.45, 2.75) is 32.2 Å². The average Bonchev–Trinajstić information content (AvgIpc) is 3.30. The summed E-state index contributed by atoms with van der Waals surface area (Å²) in [7, 11) is 2.05. The molecule has 1 fully saturated rings. The number of nitrogens with zero attached hydrogens (tertiary/aromatic N) is 2. The van der Waals surface area contributed by atoms with Crippen LogP contribution in [0.25, 0.3) is 0 Å². The lowest BCUT2D eigenvalue weighted by molar-refractivity contribution is 0.0945. The molecule has 0 saturated heterocycles. The molecule has 1 aromatic rings. The number of hydrogen-bond acceptors (Lipinski definition) is 4. The van der Waals surface area contributed by atoms with Crippen molar-refractivity contribution in [1.29, 1.82) is 0 Å². The van der Waals surface area contributed by atoms with E-state index in [0.29, 0.717) is 19.1 Å². The van der Waals surface area contributed by atoms with Crippen molar-refractivity contribution in [3.63, 3.8) is 0 Å². The summed E-state index contributed by atoms with van der Waals surface area (Å²) < 4.78 is 14.2. The first-order chi connectivity index (χ1) is 10.1. The molecule has 21 heavy (non-hydrogen) atoms. The van der Waals surface area contributed by atoms with Gasteiger partial charge in [0.05, 0.1) is 5.56 Å². The van der Waals surface area contributed by atoms with Gasteiger partial charge in [-0.1, -0.05) is 6.92 Å². The number of nitrogens with one attached hydrogen (secondary N) is 2. The monoisotopic (exact) mass is 294 g/mol. The normalized spacial score (nSPS) is 14.3. The quantitative estimate of drug-likeness (QED) is 0.768. The van der Waals surface area contributed by atoms with Gasteiger partial charge in [-0.05, 0) is 32.4 Å². The van der Waals surface area contributed by atoms with Crippen molar-refractivity contribution >= 4 is 11.7 Å². The Hall–Kier alpha value is -1.69. The summed E-state index contributed by atoms with van der Waals surface area (Å²) in [5.74, 6) is -0.836. The van der Waals surface area contributed by atoms with Gasteiger partial charge >= 0.3 is 0 Å². The summed E-state index contributed by atoms with van der Waals surface area (Å²) in [6.45, 7) is 3.91. The molecule has 1 aromatic heterocycles. The summed E-state index contributed by atoms with van der Waals surface area (Å²) in [6, 6.07) is 2.07. The number of rotatable bonds is 8. The zero-order chi connectivity index (χ0) is 15.2. The summed E-state index contributed by atoms with van der Waals surface area (Å²) >= 11 is 0. The van der Waals surface area contributed by atoms with Gasteiger partial charge in [-0.2, -0.15) is 0 Å². The molecule has 0 unspecified atom stereocenters. The van der Waals surface area contributed by atoms with E-state index in [1.165, 1.54) is 25.1 Å². The Kier molecular flexibility index (Phi) is 5.50. The predicted octanol–water partition coefficient (Wildman–Crippen LogP) is 1.87. The number of carbonyl (C=O) groups excluding carboxylic acids is 1. The van der Waals surface area contributed by atoms with E-state index in [-0.39, 0.29) is 11.4 Å². The highest BCUT2D eigenvalue weighted by Gasteiger charge is 2.25. The van der Waals surface area contributed by atoms with Gasteiger partial charge in [0, 0.05) is 31.9 Å². The Bertz CT molecular complexity index is 491. The molecule has 0 aromatic carbocycles. The van der Waals surface area contributed by atoms with Crippen LogP contribution in [0.1, 0.15) is 36.5 Å². The minimum Gasteiger partial charge on any atom is -0.368 e. The molecule has 1 aliphatic carbocycles. The van der Waals surface area contributed by atoms with Crippen molar-refractivity contribution < 1.29 is 9.18 Å². The van der Waals surface area contributed by atoms with E-state index in [1.807, 2.05) is 14.0 Å². The average molecular weight is 294 g/mol. The molecule has 6 heteroatoms. The lowest BCUT2D eigenvalue weighted by atomic mass is 10.2. The van der Waals surface area contributed by atoms with Crippen LogP contribution in [-0.2, 0) is 0 Å². The molecule has 0 spiro atoms. The first kappa shape index (κ1) is 15.7. The van der Waals surface area contributed by atoms with Crippen LogP contribution in [0.3, 0.4) is 0 Å². The van der Waals surface area contributed by atoms with Crippen LogP contribution in [0, 0.1) is 5.82 Å². The summed E-state index contributed by atoms with van der Waals surface area (Å²) in [6.07, 6.45) is 4.78. The lowest BCUT2D eigenvalue weighted by Crippen LogP contribution is -2.34. The Morgan fingerprint density at radius 3 is 2.90 bits per heavy atom. The Balaban J connectivity index is 1.88. The van der Waals surface area contributed by atoms with E-state index >= 15 is 0 Å². The van der Waals surface area contributed by atoms with E-state index in [0.717, 1.165) is 13.0 Å². The highest BCUT2D eigenvalue weighted by molar-refractivity contribution is 5.95. The molecule has 1 saturated carbocycles. The van der Waals surface area contributed by atoms with Crippen LogP contribution >= 0.6 is 0 Å². The van der Waals surface area contributed by atoms with E-state index in [1.54, 1.807) is 0 Å². The number of pyridine rings is 1. The number of halogens is 1. The fourth-order valence-corrected chi connectivity index (χ4v) is 2.12.